The zero-order valence-corrected chi connectivity index (χ0v) is 15.0. The molecule has 0 radical (unpaired) electrons. The van der Waals surface area contributed by atoms with Crippen LogP contribution in [0.1, 0.15) is 34.8 Å². The molecule has 0 aliphatic carbocycles. The van der Waals surface area contributed by atoms with Gasteiger partial charge in [0.25, 0.3) is 5.91 Å². The van der Waals surface area contributed by atoms with E-state index < -0.39 is 12.1 Å². The van der Waals surface area contributed by atoms with E-state index in [0.29, 0.717) is 17.7 Å². The zero-order chi connectivity index (χ0) is 18.7. The van der Waals surface area contributed by atoms with Gasteiger partial charge in [-0.1, -0.05) is 13.0 Å². The summed E-state index contributed by atoms with van der Waals surface area (Å²) in [5, 5.41) is 2.82. The SMILES string of the molecule is CCC(OC(=O)c1ccc2nc[nH]c2c1)C(=O)Nc1cc(C)cc(C)c1. The highest BCUT2D eigenvalue weighted by atomic mass is 16.5. The second-order valence-corrected chi connectivity index (χ2v) is 6.30. The van der Waals surface area contributed by atoms with Gasteiger partial charge in [0.2, 0.25) is 0 Å². The van der Waals surface area contributed by atoms with Crippen LogP contribution in [-0.4, -0.2) is 27.9 Å². The van der Waals surface area contributed by atoms with Crippen LogP contribution >= 0.6 is 0 Å². The van der Waals surface area contributed by atoms with Gasteiger partial charge in [0.15, 0.2) is 6.10 Å². The van der Waals surface area contributed by atoms with Gasteiger partial charge >= 0.3 is 5.97 Å². The summed E-state index contributed by atoms with van der Waals surface area (Å²) >= 11 is 0. The van der Waals surface area contributed by atoms with E-state index in [-0.39, 0.29) is 5.91 Å². The number of nitrogens with zero attached hydrogens (tertiary/aromatic N) is 1. The van der Waals surface area contributed by atoms with E-state index in [1.807, 2.05) is 32.0 Å². The number of fused-ring (bicyclic) bond motifs is 1. The molecule has 0 saturated heterocycles. The van der Waals surface area contributed by atoms with Gasteiger partial charge in [0, 0.05) is 5.69 Å². The number of imidazole rings is 1. The molecule has 1 unspecified atom stereocenters. The predicted octanol–water partition coefficient (Wildman–Crippen LogP) is 3.75. The maximum absolute atomic E-state index is 12.5. The molecule has 1 heterocycles. The van der Waals surface area contributed by atoms with Crippen LogP contribution in [0.5, 0.6) is 0 Å². The number of esters is 1. The standard InChI is InChI=1S/C20H21N3O3/c1-4-18(19(24)23-15-8-12(2)7-13(3)9-15)26-20(25)14-5-6-16-17(10-14)22-11-21-16/h5-11,18H,4H2,1-3H3,(H,21,22)(H,23,24). The maximum atomic E-state index is 12.5. The largest absolute Gasteiger partial charge is 0.449 e. The summed E-state index contributed by atoms with van der Waals surface area (Å²) in [7, 11) is 0. The summed E-state index contributed by atoms with van der Waals surface area (Å²) in [6.07, 6.45) is 1.08. The van der Waals surface area contributed by atoms with Crippen LogP contribution in [0.4, 0.5) is 5.69 Å². The van der Waals surface area contributed by atoms with Crippen molar-refractivity contribution >= 4 is 28.6 Å². The number of benzene rings is 2. The molecular weight excluding hydrogens is 330 g/mol. The molecule has 1 amide bonds. The lowest BCUT2D eigenvalue weighted by Gasteiger charge is -2.16. The number of aromatic amines is 1. The first-order valence-electron chi connectivity index (χ1n) is 8.49. The van der Waals surface area contributed by atoms with Crippen molar-refractivity contribution in [1.82, 2.24) is 9.97 Å². The van der Waals surface area contributed by atoms with E-state index in [4.69, 9.17) is 4.74 Å². The molecule has 0 aliphatic rings. The lowest BCUT2D eigenvalue weighted by Crippen LogP contribution is -2.32. The van der Waals surface area contributed by atoms with Gasteiger partial charge in [-0.25, -0.2) is 9.78 Å². The third-order valence-electron chi connectivity index (χ3n) is 4.06. The number of nitrogens with one attached hydrogen (secondary N) is 2. The van der Waals surface area contributed by atoms with Gasteiger partial charge in [-0.3, -0.25) is 4.79 Å². The Morgan fingerprint density at radius 3 is 2.58 bits per heavy atom. The third kappa shape index (κ3) is 3.91. The first-order valence-corrected chi connectivity index (χ1v) is 8.49. The topological polar surface area (TPSA) is 84.1 Å². The van der Waals surface area contributed by atoms with Crippen molar-refractivity contribution in [3.8, 4) is 0 Å². The first-order chi connectivity index (χ1) is 12.5. The summed E-state index contributed by atoms with van der Waals surface area (Å²) in [4.78, 5) is 32.0. The Hall–Kier alpha value is -3.15. The zero-order valence-electron chi connectivity index (χ0n) is 15.0. The van der Waals surface area contributed by atoms with E-state index in [2.05, 4.69) is 15.3 Å². The van der Waals surface area contributed by atoms with Gasteiger partial charge < -0.3 is 15.0 Å². The van der Waals surface area contributed by atoms with Crippen molar-refractivity contribution in [1.29, 1.82) is 0 Å². The Morgan fingerprint density at radius 1 is 1.15 bits per heavy atom. The molecule has 0 bridgehead atoms. The average Bonchev–Trinajstić information content (AvgIpc) is 3.06. The monoisotopic (exact) mass is 351 g/mol. The minimum atomic E-state index is -0.860. The fourth-order valence-corrected chi connectivity index (χ4v) is 2.85. The number of hydrogen-bond donors (Lipinski definition) is 2. The number of carbonyl (C=O) groups excluding carboxylic acids is 2. The Balaban J connectivity index is 1.71. The van der Waals surface area contributed by atoms with Crippen molar-refractivity contribution in [3.63, 3.8) is 0 Å². The lowest BCUT2D eigenvalue weighted by molar-refractivity contribution is -0.124. The van der Waals surface area contributed by atoms with Crippen molar-refractivity contribution < 1.29 is 14.3 Å². The molecule has 0 aliphatic heterocycles. The van der Waals surface area contributed by atoms with Crippen molar-refractivity contribution in [2.45, 2.75) is 33.3 Å². The van der Waals surface area contributed by atoms with E-state index in [0.717, 1.165) is 22.2 Å². The number of amides is 1. The highest BCUT2D eigenvalue weighted by Crippen LogP contribution is 2.17. The number of hydrogen-bond acceptors (Lipinski definition) is 4. The fourth-order valence-electron chi connectivity index (χ4n) is 2.85. The van der Waals surface area contributed by atoms with Crippen molar-refractivity contribution in [3.05, 3.63) is 59.4 Å². The van der Waals surface area contributed by atoms with Crippen LogP contribution in [0.15, 0.2) is 42.7 Å². The summed E-state index contributed by atoms with van der Waals surface area (Å²) in [6.45, 7) is 5.73. The second kappa shape index (κ2) is 7.39. The van der Waals surface area contributed by atoms with Gasteiger partial charge in [-0.2, -0.15) is 0 Å². The molecule has 1 atom stereocenters. The molecule has 134 valence electrons. The van der Waals surface area contributed by atoms with E-state index in [1.165, 1.54) is 0 Å². The number of ether oxygens (including phenoxy) is 1. The van der Waals surface area contributed by atoms with Crippen LogP contribution in [0, 0.1) is 13.8 Å². The number of H-pyrrole nitrogens is 1. The van der Waals surface area contributed by atoms with Crippen LogP contribution in [-0.2, 0) is 9.53 Å². The Bertz CT molecular complexity index is 942. The number of rotatable bonds is 5. The van der Waals surface area contributed by atoms with Gasteiger partial charge in [-0.05, 0) is 61.7 Å². The Kier molecular flexibility index (Phi) is 5.02. The Morgan fingerprint density at radius 2 is 1.88 bits per heavy atom. The molecule has 1 aromatic heterocycles. The lowest BCUT2D eigenvalue weighted by atomic mass is 10.1. The molecule has 3 aromatic rings. The van der Waals surface area contributed by atoms with E-state index >= 15 is 0 Å². The molecule has 6 heteroatoms. The maximum Gasteiger partial charge on any atom is 0.338 e. The molecule has 6 nitrogen and oxygen atoms in total. The predicted molar refractivity (Wildman–Crippen MR) is 100 cm³/mol. The Labute approximate surface area is 151 Å². The van der Waals surface area contributed by atoms with Crippen LogP contribution in [0.25, 0.3) is 11.0 Å². The normalized spacial score (nSPS) is 12.0. The van der Waals surface area contributed by atoms with E-state index in [1.54, 1.807) is 31.5 Å². The van der Waals surface area contributed by atoms with Gasteiger partial charge in [0.05, 0.1) is 22.9 Å². The fraction of sp³-hybridized carbons (Fsp3) is 0.250. The van der Waals surface area contributed by atoms with Crippen molar-refractivity contribution in [2.75, 3.05) is 5.32 Å². The first kappa shape index (κ1) is 17.7. The molecule has 0 saturated carbocycles. The molecule has 0 fully saturated rings. The molecule has 0 spiro atoms. The summed E-state index contributed by atoms with van der Waals surface area (Å²) < 4.78 is 5.42. The number of aryl methyl sites for hydroxylation is 2. The molecular formula is C20H21N3O3. The average molecular weight is 351 g/mol. The number of aromatic nitrogens is 2. The highest BCUT2D eigenvalue weighted by Gasteiger charge is 2.22. The van der Waals surface area contributed by atoms with Crippen LogP contribution in [0.2, 0.25) is 0 Å². The molecule has 3 rings (SSSR count). The minimum Gasteiger partial charge on any atom is -0.449 e. The second-order valence-electron chi connectivity index (χ2n) is 6.30. The van der Waals surface area contributed by atoms with Crippen LogP contribution < -0.4 is 5.32 Å². The highest BCUT2D eigenvalue weighted by molar-refractivity contribution is 5.98. The van der Waals surface area contributed by atoms with Gasteiger partial charge in [-0.15, -0.1) is 0 Å². The van der Waals surface area contributed by atoms with Crippen molar-refractivity contribution in [2.24, 2.45) is 0 Å². The third-order valence-corrected chi connectivity index (χ3v) is 4.06. The molecule has 26 heavy (non-hydrogen) atoms. The van der Waals surface area contributed by atoms with E-state index in [9.17, 15) is 9.59 Å². The molecule has 2 N–H and O–H groups in total. The minimum absolute atomic E-state index is 0.339. The summed E-state index contributed by atoms with van der Waals surface area (Å²) in [5.74, 6) is -0.877. The number of anilines is 1. The quantitative estimate of drug-likeness (QED) is 0.686. The number of carbonyl (C=O) groups is 2. The van der Waals surface area contributed by atoms with Gasteiger partial charge in [0.1, 0.15) is 0 Å². The smallest absolute Gasteiger partial charge is 0.338 e. The molecule has 2 aromatic carbocycles. The summed E-state index contributed by atoms with van der Waals surface area (Å²) in [6, 6.07) is 10.8. The summed E-state index contributed by atoms with van der Waals surface area (Å²) in [5.41, 5.74) is 4.69. The van der Waals surface area contributed by atoms with Crippen LogP contribution in [0.3, 0.4) is 0 Å².